The van der Waals surface area contributed by atoms with E-state index in [2.05, 4.69) is 0 Å². The van der Waals surface area contributed by atoms with Crippen LogP contribution in [0.5, 0.6) is 0 Å². The normalized spacial score (nSPS) is 24.5. The number of carbonyl (C=O) groups excluding carboxylic acids is 5. The summed E-state index contributed by atoms with van der Waals surface area (Å²) in [5.74, 6) is -3.09. The zero-order chi connectivity index (χ0) is 27.4. The van der Waals surface area contributed by atoms with E-state index in [9.17, 15) is 24.0 Å². The Labute approximate surface area is 225 Å². The van der Waals surface area contributed by atoms with E-state index in [-0.39, 0.29) is 17.7 Å². The van der Waals surface area contributed by atoms with Gasteiger partial charge in [-0.25, -0.2) is 0 Å². The minimum absolute atomic E-state index is 0.222. The summed E-state index contributed by atoms with van der Waals surface area (Å²) in [5, 5.41) is -0.203. The Hall–Kier alpha value is -3.53. The second-order valence-electron chi connectivity index (χ2n) is 8.81. The summed E-state index contributed by atoms with van der Waals surface area (Å²) >= 11 is -0.393. The number of nitrogens with zero attached hydrogens (tertiary/aromatic N) is 1. The summed E-state index contributed by atoms with van der Waals surface area (Å²) in [6.45, 7) is 3.31. The molecule has 0 aliphatic carbocycles. The van der Waals surface area contributed by atoms with E-state index in [1.165, 1.54) is 20.8 Å². The molecular weight excluding hydrogens is 561 g/mol. The Morgan fingerprint density at radius 2 is 1.37 bits per heavy atom. The Morgan fingerprint density at radius 1 is 0.816 bits per heavy atom. The van der Waals surface area contributed by atoms with Gasteiger partial charge in [0.2, 0.25) is 0 Å². The molecule has 0 radical (unpaired) electrons. The first-order chi connectivity index (χ1) is 18.2. The molecule has 0 bridgehead atoms. The molecule has 11 heteroatoms. The van der Waals surface area contributed by atoms with Crippen LogP contribution < -0.4 is 0 Å². The van der Waals surface area contributed by atoms with Crippen molar-refractivity contribution in [2.24, 2.45) is 0 Å². The van der Waals surface area contributed by atoms with Gasteiger partial charge in [-0.2, -0.15) is 0 Å². The number of rotatable bonds is 8. The van der Waals surface area contributed by atoms with Crippen LogP contribution in [-0.4, -0.2) is 85.5 Å². The molecule has 3 unspecified atom stereocenters. The molecule has 0 N–H and O–H groups in total. The third-order valence-electron chi connectivity index (χ3n) is 6.05. The van der Waals surface area contributed by atoms with Gasteiger partial charge in [0.25, 0.3) is 0 Å². The Morgan fingerprint density at radius 3 is 1.92 bits per heavy atom. The number of benzene rings is 2. The van der Waals surface area contributed by atoms with Gasteiger partial charge in [-0.1, -0.05) is 0 Å². The summed E-state index contributed by atoms with van der Waals surface area (Å²) in [5.41, 5.74) is 1.46. The van der Waals surface area contributed by atoms with Gasteiger partial charge in [0.05, 0.1) is 0 Å². The summed E-state index contributed by atoms with van der Waals surface area (Å²) in [6.07, 6.45) is -3.49. The third-order valence-corrected chi connectivity index (χ3v) is 8.61. The zero-order valence-electron chi connectivity index (χ0n) is 21.0. The van der Waals surface area contributed by atoms with E-state index >= 15 is 0 Å². The van der Waals surface area contributed by atoms with E-state index in [0.29, 0.717) is 5.32 Å². The number of carbonyl (C=O) groups is 5. The number of amides is 2. The van der Waals surface area contributed by atoms with Gasteiger partial charge in [0, 0.05) is 0 Å². The topological polar surface area (TPSA) is 126 Å². The predicted octanol–water partition coefficient (Wildman–Crippen LogP) is 1.71. The SMILES string of the molecule is CC(=O)OCC1O[C@@H]([Se]Cc2ccccc2)C(N2C(=O)c3ccccc3C2=O)C(OC(C)=O)[C@@H]1OC(C)=O. The molecule has 10 nitrogen and oxygen atoms in total. The van der Waals surface area contributed by atoms with Crippen molar-refractivity contribution >= 4 is 44.7 Å². The van der Waals surface area contributed by atoms with Crippen LogP contribution in [0.15, 0.2) is 54.6 Å². The molecular formula is C27H27NO9Se. The number of imide groups is 1. The molecule has 0 aromatic heterocycles. The summed E-state index contributed by atoms with van der Waals surface area (Å²) in [6, 6.07) is 14.9. The van der Waals surface area contributed by atoms with Crippen molar-refractivity contribution in [3.05, 3.63) is 71.3 Å². The van der Waals surface area contributed by atoms with Crippen LogP contribution in [-0.2, 0) is 38.7 Å². The second kappa shape index (κ2) is 11.9. The van der Waals surface area contributed by atoms with Crippen molar-refractivity contribution in [3.63, 3.8) is 0 Å². The third kappa shape index (κ3) is 5.96. The fourth-order valence-electron chi connectivity index (χ4n) is 4.53. The van der Waals surface area contributed by atoms with Crippen LogP contribution in [0.2, 0.25) is 0 Å². The number of hydrogen-bond donors (Lipinski definition) is 0. The van der Waals surface area contributed by atoms with Crippen molar-refractivity contribution in [2.75, 3.05) is 6.61 Å². The molecule has 2 heterocycles. The molecule has 2 aromatic carbocycles. The summed E-state index contributed by atoms with van der Waals surface area (Å²) in [4.78, 5) is 64.0. The predicted molar refractivity (Wildman–Crippen MR) is 133 cm³/mol. The molecule has 2 aromatic rings. The van der Waals surface area contributed by atoms with E-state index in [1.54, 1.807) is 24.3 Å². The maximum atomic E-state index is 13.5. The molecule has 2 aliphatic rings. The van der Waals surface area contributed by atoms with E-state index in [4.69, 9.17) is 18.9 Å². The molecule has 0 spiro atoms. The Balaban J connectivity index is 1.77. The summed E-state index contributed by atoms with van der Waals surface area (Å²) < 4.78 is 22.7. The van der Waals surface area contributed by atoms with Crippen molar-refractivity contribution in [3.8, 4) is 0 Å². The van der Waals surface area contributed by atoms with E-state index in [0.717, 1.165) is 10.5 Å². The standard InChI is InChI=1S/C27H27NO9Se/c1-15(29)34-13-21-23(35-16(2)30)24(36-17(3)31)22(27(37-21)38-14-18-9-5-4-6-10-18)28-25(32)19-11-7-8-12-20(19)26(28)33/h4-12,21-24,27H,13-14H2,1-3H3/t21?,22?,23-,24?,27+/m1/s1. The quantitative estimate of drug-likeness (QED) is 0.196. The second-order valence-corrected chi connectivity index (χ2v) is 11.1. The van der Waals surface area contributed by atoms with Gasteiger partial charge in [-0.3, -0.25) is 0 Å². The molecule has 38 heavy (non-hydrogen) atoms. The first-order valence-corrected chi connectivity index (χ1v) is 14.1. The van der Waals surface area contributed by atoms with Crippen LogP contribution in [0, 0.1) is 0 Å². The van der Waals surface area contributed by atoms with Gasteiger partial charge in [0.1, 0.15) is 0 Å². The van der Waals surface area contributed by atoms with Crippen LogP contribution in [0.3, 0.4) is 0 Å². The maximum absolute atomic E-state index is 13.5. The van der Waals surface area contributed by atoms with Crippen LogP contribution in [0.25, 0.3) is 0 Å². The molecule has 2 amide bonds. The van der Waals surface area contributed by atoms with Gasteiger partial charge in [-0.05, 0) is 0 Å². The Kier molecular flexibility index (Phi) is 8.61. The molecule has 5 atom stereocenters. The average Bonchev–Trinajstić information content (AvgIpc) is 3.13. The van der Waals surface area contributed by atoms with Crippen molar-refractivity contribution in [1.82, 2.24) is 4.90 Å². The fourth-order valence-corrected chi connectivity index (χ4v) is 7.14. The number of hydrogen-bond acceptors (Lipinski definition) is 9. The fraction of sp³-hybridized carbons (Fsp3) is 0.370. The summed E-state index contributed by atoms with van der Waals surface area (Å²) in [7, 11) is 0. The number of fused-ring (bicyclic) bond motifs is 1. The van der Waals surface area contributed by atoms with E-state index in [1.807, 2.05) is 30.3 Å². The van der Waals surface area contributed by atoms with Crippen LogP contribution in [0.4, 0.5) is 0 Å². The van der Waals surface area contributed by atoms with Crippen molar-refractivity contribution in [2.45, 2.75) is 55.4 Å². The van der Waals surface area contributed by atoms with E-state index < -0.39 is 74.0 Å². The van der Waals surface area contributed by atoms with Crippen molar-refractivity contribution in [1.29, 1.82) is 0 Å². The Bertz CT molecular complexity index is 1200. The molecule has 2 aliphatic heterocycles. The van der Waals surface area contributed by atoms with Gasteiger partial charge >= 0.3 is 226 Å². The first kappa shape index (κ1) is 27.5. The molecule has 1 saturated heterocycles. The monoisotopic (exact) mass is 589 g/mol. The van der Waals surface area contributed by atoms with Gasteiger partial charge in [0.15, 0.2) is 0 Å². The van der Waals surface area contributed by atoms with Gasteiger partial charge < -0.3 is 0 Å². The first-order valence-electron chi connectivity index (χ1n) is 11.9. The molecule has 1 fully saturated rings. The van der Waals surface area contributed by atoms with Crippen LogP contribution in [0.1, 0.15) is 47.1 Å². The molecule has 4 rings (SSSR count). The van der Waals surface area contributed by atoms with Crippen LogP contribution >= 0.6 is 0 Å². The van der Waals surface area contributed by atoms with Gasteiger partial charge in [-0.15, -0.1) is 0 Å². The number of esters is 3. The minimum atomic E-state index is -1.25. The van der Waals surface area contributed by atoms with Crippen molar-refractivity contribution < 1.29 is 42.9 Å². The molecule has 0 saturated carbocycles. The molecule has 200 valence electrons. The average molecular weight is 588 g/mol. The zero-order valence-corrected chi connectivity index (χ0v) is 22.7. The number of ether oxygens (including phenoxy) is 4.